The van der Waals surface area contributed by atoms with Gasteiger partial charge in [0.05, 0.1) is 11.2 Å². The number of rotatable bonds is 2. The van der Waals surface area contributed by atoms with E-state index in [1.165, 1.54) is 6.08 Å². The van der Waals surface area contributed by atoms with Crippen molar-refractivity contribution in [3.63, 3.8) is 0 Å². The molecule has 0 spiro atoms. The lowest BCUT2D eigenvalue weighted by molar-refractivity contribution is -0.230. The average Bonchev–Trinajstić information content (AvgIpc) is 2.22. The third kappa shape index (κ3) is 1.55. The quantitative estimate of drug-likeness (QED) is 0.715. The maximum atomic E-state index is 11.9. The number of hydrogen-bond donors (Lipinski definition) is 2. The zero-order chi connectivity index (χ0) is 13.2. The summed E-state index contributed by atoms with van der Waals surface area (Å²) < 4.78 is 0. The van der Waals surface area contributed by atoms with Crippen LogP contribution < -0.4 is 0 Å². The van der Waals surface area contributed by atoms with Gasteiger partial charge in [0.25, 0.3) is 0 Å². The molecule has 0 aromatic carbocycles. The monoisotopic (exact) mass is 251 g/mol. The predicted octanol–water partition coefficient (Wildman–Crippen LogP) is 0.829. The number of hydrogen-bond acceptors (Lipinski definition) is 3. The van der Waals surface area contributed by atoms with Crippen molar-refractivity contribution in [3.05, 3.63) is 12.7 Å². The molecule has 4 fully saturated rings. The highest BCUT2D eigenvalue weighted by molar-refractivity contribution is 5.87. The lowest BCUT2D eigenvalue weighted by atomic mass is 9.49. The van der Waals surface area contributed by atoms with Crippen LogP contribution in [0.25, 0.3) is 0 Å². The number of aliphatic hydroxyl groups is 2. The van der Waals surface area contributed by atoms with Crippen molar-refractivity contribution < 1.29 is 15.0 Å². The third-order valence-corrected chi connectivity index (χ3v) is 5.20. The number of carbonyl (C=O) groups is 1. The van der Waals surface area contributed by atoms with Gasteiger partial charge >= 0.3 is 0 Å². The largest absolute Gasteiger partial charge is 0.390 e. The molecule has 0 radical (unpaired) electrons. The summed E-state index contributed by atoms with van der Waals surface area (Å²) in [6, 6.07) is 0. The fourth-order valence-corrected chi connectivity index (χ4v) is 5.03. The van der Waals surface area contributed by atoms with Crippen molar-refractivity contribution in [3.8, 4) is 0 Å². The summed E-state index contributed by atoms with van der Waals surface area (Å²) >= 11 is 0. The molecule has 100 valence electrons. The first-order valence-corrected chi connectivity index (χ1v) is 6.65. The summed E-state index contributed by atoms with van der Waals surface area (Å²) in [6.07, 6.45) is 5.40. The summed E-state index contributed by atoms with van der Waals surface area (Å²) in [4.78, 5) is 13.6. The molecule has 4 saturated carbocycles. The number of likely N-dealkylation sites (N-methyl/N-ethyl adjacent to an activating group) is 1. The Labute approximate surface area is 107 Å². The number of carbonyl (C=O) groups excluding carboxylic acids is 1. The van der Waals surface area contributed by atoms with E-state index in [0.717, 1.165) is 19.3 Å². The van der Waals surface area contributed by atoms with Crippen molar-refractivity contribution in [1.82, 2.24) is 4.90 Å². The van der Waals surface area contributed by atoms with Crippen molar-refractivity contribution in [2.75, 3.05) is 7.05 Å². The van der Waals surface area contributed by atoms with Gasteiger partial charge in [-0.15, -0.1) is 0 Å². The standard InChI is InChI=1S/C14H21NO3/c1-3-11(16)15(2)12-4-10-5-13(17,7-12)9-14(18,6-10)8-12/h3,10,17-18H,1,4-9H2,2H3. The molecule has 18 heavy (non-hydrogen) atoms. The van der Waals surface area contributed by atoms with Crippen LogP contribution in [0, 0.1) is 5.92 Å². The molecule has 2 unspecified atom stereocenters. The third-order valence-electron chi connectivity index (χ3n) is 5.20. The van der Waals surface area contributed by atoms with Gasteiger partial charge in [-0.1, -0.05) is 6.58 Å². The van der Waals surface area contributed by atoms with Crippen molar-refractivity contribution >= 4 is 5.91 Å². The van der Waals surface area contributed by atoms with E-state index in [2.05, 4.69) is 6.58 Å². The second kappa shape index (κ2) is 3.36. The molecule has 4 bridgehead atoms. The average molecular weight is 251 g/mol. The Hall–Kier alpha value is -0.870. The van der Waals surface area contributed by atoms with Gasteiger partial charge in [0.2, 0.25) is 5.91 Å². The highest BCUT2D eigenvalue weighted by Gasteiger charge is 2.64. The van der Waals surface area contributed by atoms with E-state index in [1.807, 2.05) is 0 Å². The van der Waals surface area contributed by atoms with Gasteiger partial charge < -0.3 is 15.1 Å². The van der Waals surface area contributed by atoms with Gasteiger partial charge in [0.15, 0.2) is 0 Å². The summed E-state index contributed by atoms with van der Waals surface area (Å²) in [7, 11) is 1.77. The Balaban J connectivity index is 1.98. The van der Waals surface area contributed by atoms with Gasteiger partial charge in [0.1, 0.15) is 0 Å². The van der Waals surface area contributed by atoms with Crippen LogP contribution in [0.5, 0.6) is 0 Å². The fourth-order valence-electron chi connectivity index (χ4n) is 5.03. The van der Waals surface area contributed by atoms with Crippen LogP contribution in [0.4, 0.5) is 0 Å². The molecule has 2 N–H and O–H groups in total. The molecule has 0 heterocycles. The van der Waals surface area contributed by atoms with Crippen LogP contribution in [0.3, 0.4) is 0 Å². The summed E-state index contributed by atoms with van der Waals surface area (Å²) in [5, 5.41) is 21.2. The Morgan fingerprint density at radius 1 is 1.22 bits per heavy atom. The van der Waals surface area contributed by atoms with Crippen molar-refractivity contribution in [2.45, 2.75) is 55.3 Å². The second-order valence-corrected chi connectivity index (χ2v) is 6.78. The van der Waals surface area contributed by atoms with E-state index in [9.17, 15) is 15.0 Å². The van der Waals surface area contributed by atoms with Gasteiger partial charge in [-0.25, -0.2) is 0 Å². The van der Waals surface area contributed by atoms with Crippen LogP contribution in [-0.4, -0.2) is 44.8 Å². The first-order valence-electron chi connectivity index (χ1n) is 6.65. The summed E-state index contributed by atoms with van der Waals surface area (Å²) in [6.45, 7) is 3.53. The van der Waals surface area contributed by atoms with E-state index in [-0.39, 0.29) is 11.4 Å². The van der Waals surface area contributed by atoms with Gasteiger partial charge in [0, 0.05) is 19.0 Å². The predicted molar refractivity (Wildman–Crippen MR) is 66.8 cm³/mol. The van der Waals surface area contributed by atoms with Gasteiger partial charge in [-0.05, 0) is 44.1 Å². The van der Waals surface area contributed by atoms with Gasteiger partial charge in [-0.2, -0.15) is 0 Å². The highest BCUT2D eigenvalue weighted by atomic mass is 16.3. The Morgan fingerprint density at radius 3 is 2.22 bits per heavy atom. The molecule has 4 rings (SSSR count). The lowest BCUT2D eigenvalue weighted by Crippen LogP contribution is -2.70. The molecular weight excluding hydrogens is 230 g/mol. The maximum absolute atomic E-state index is 11.9. The zero-order valence-electron chi connectivity index (χ0n) is 10.9. The van der Waals surface area contributed by atoms with Crippen molar-refractivity contribution in [1.29, 1.82) is 0 Å². The van der Waals surface area contributed by atoms with E-state index in [0.29, 0.717) is 25.2 Å². The minimum atomic E-state index is -0.788. The van der Waals surface area contributed by atoms with E-state index in [1.54, 1.807) is 11.9 Å². The molecular formula is C14H21NO3. The Kier molecular flexibility index (Phi) is 2.28. The topological polar surface area (TPSA) is 60.8 Å². The first kappa shape index (κ1) is 12.2. The van der Waals surface area contributed by atoms with E-state index in [4.69, 9.17) is 0 Å². The minimum Gasteiger partial charge on any atom is -0.390 e. The van der Waals surface area contributed by atoms with Crippen LogP contribution >= 0.6 is 0 Å². The number of nitrogens with zero attached hydrogens (tertiary/aromatic N) is 1. The first-order chi connectivity index (χ1) is 8.30. The summed E-state index contributed by atoms with van der Waals surface area (Å²) in [5.74, 6) is 0.209. The van der Waals surface area contributed by atoms with Crippen LogP contribution in [0.2, 0.25) is 0 Å². The number of amides is 1. The smallest absolute Gasteiger partial charge is 0.246 e. The maximum Gasteiger partial charge on any atom is 0.246 e. The molecule has 0 saturated heterocycles. The van der Waals surface area contributed by atoms with Crippen LogP contribution in [-0.2, 0) is 4.79 Å². The molecule has 4 aliphatic rings. The second-order valence-electron chi connectivity index (χ2n) is 6.78. The van der Waals surface area contributed by atoms with Crippen LogP contribution in [0.15, 0.2) is 12.7 Å². The molecule has 0 aromatic rings. The molecule has 4 heteroatoms. The normalized spacial score (nSPS) is 49.2. The molecule has 0 aromatic heterocycles. The minimum absolute atomic E-state index is 0.121. The zero-order valence-corrected chi connectivity index (χ0v) is 10.9. The Bertz CT molecular complexity index is 401. The lowest BCUT2D eigenvalue weighted by Gasteiger charge is -2.65. The molecule has 0 aliphatic heterocycles. The van der Waals surface area contributed by atoms with Gasteiger partial charge in [-0.3, -0.25) is 4.79 Å². The Morgan fingerprint density at radius 2 is 1.78 bits per heavy atom. The highest BCUT2D eigenvalue weighted by Crippen LogP contribution is 2.60. The molecule has 4 nitrogen and oxygen atoms in total. The fraction of sp³-hybridized carbons (Fsp3) is 0.786. The van der Waals surface area contributed by atoms with Crippen LogP contribution in [0.1, 0.15) is 38.5 Å². The SMILES string of the molecule is C=CC(=O)N(C)C12CC3CC(O)(CC(O)(C3)C1)C2. The van der Waals surface area contributed by atoms with Crippen molar-refractivity contribution in [2.24, 2.45) is 5.92 Å². The molecule has 4 aliphatic carbocycles. The molecule has 2 atom stereocenters. The summed E-state index contributed by atoms with van der Waals surface area (Å²) in [5.41, 5.74) is -1.96. The van der Waals surface area contributed by atoms with E-state index < -0.39 is 11.2 Å². The molecule has 1 amide bonds. The van der Waals surface area contributed by atoms with E-state index >= 15 is 0 Å².